The van der Waals surface area contributed by atoms with Crippen molar-refractivity contribution in [2.75, 3.05) is 0 Å². The third kappa shape index (κ3) is 2.67. The van der Waals surface area contributed by atoms with E-state index in [1.165, 1.54) is 11.1 Å². The van der Waals surface area contributed by atoms with E-state index in [1.54, 1.807) is 0 Å². The molecule has 0 rings (SSSR count). The fourth-order valence-corrected chi connectivity index (χ4v) is 0.802. The Bertz CT molecular complexity index is 159. The zero-order chi connectivity index (χ0) is 7.98. The molecule has 0 aromatic rings. The molecule has 0 amide bonds. The van der Waals surface area contributed by atoms with Gasteiger partial charge in [0.1, 0.15) is 0 Å². The highest BCUT2D eigenvalue weighted by molar-refractivity contribution is 5.36. The number of rotatable bonds is 3. The van der Waals surface area contributed by atoms with Crippen molar-refractivity contribution in [2.24, 2.45) is 0 Å². The molecule has 0 saturated carbocycles. The summed E-state index contributed by atoms with van der Waals surface area (Å²) in [5, 5.41) is 0. The first-order valence-corrected chi connectivity index (χ1v) is 3.73. The molecule has 0 heterocycles. The second-order valence-electron chi connectivity index (χ2n) is 2.20. The minimum atomic E-state index is 1.03. The Hall–Kier alpha value is -0.780. The van der Waals surface area contributed by atoms with Gasteiger partial charge in [0.25, 0.3) is 0 Å². The minimum Gasteiger partial charge on any atom is -0.0953 e. The van der Waals surface area contributed by atoms with Crippen LogP contribution in [0.1, 0.15) is 27.2 Å². The van der Waals surface area contributed by atoms with Gasteiger partial charge in [-0.2, -0.15) is 0 Å². The van der Waals surface area contributed by atoms with Crippen molar-refractivity contribution in [2.45, 2.75) is 27.2 Å². The molecule has 0 fully saturated rings. The van der Waals surface area contributed by atoms with Crippen LogP contribution >= 0.6 is 0 Å². The van der Waals surface area contributed by atoms with Gasteiger partial charge in [0.05, 0.1) is 0 Å². The van der Waals surface area contributed by atoms with E-state index in [4.69, 9.17) is 0 Å². The van der Waals surface area contributed by atoms with Gasteiger partial charge in [0, 0.05) is 0 Å². The molecule has 0 aliphatic heterocycles. The molecule has 0 bridgehead atoms. The van der Waals surface area contributed by atoms with Crippen molar-refractivity contribution in [1.29, 1.82) is 0 Å². The molecule has 0 aliphatic rings. The van der Waals surface area contributed by atoms with E-state index in [9.17, 15) is 0 Å². The van der Waals surface area contributed by atoms with Gasteiger partial charge in [0.2, 0.25) is 0 Å². The van der Waals surface area contributed by atoms with E-state index in [-0.39, 0.29) is 0 Å². The molecular weight excluding hydrogens is 120 g/mol. The summed E-state index contributed by atoms with van der Waals surface area (Å²) >= 11 is 0. The lowest BCUT2D eigenvalue weighted by atomic mass is 10.1. The summed E-state index contributed by atoms with van der Waals surface area (Å²) in [6.45, 7) is 10.1. The minimum absolute atomic E-state index is 1.03. The standard InChI is InChI=1S/C10H16/c1-5-8-10(7-3)9(4)6-2/h5,7-8H,4,6H2,1-3H3/b8-5-,10-7+. The average Bonchev–Trinajstić information content (AvgIpc) is 1.99. The molecule has 0 heteroatoms. The molecule has 0 N–H and O–H groups in total. The van der Waals surface area contributed by atoms with Crippen LogP contribution in [-0.4, -0.2) is 0 Å². The van der Waals surface area contributed by atoms with Gasteiger partial charge in [-0.1, -0.05) is 31.7 Å². The number of hydrogen-bond acceptors (Lipinski definition) is 0. The Kier molecular flexibility index (Phi) is 4.65. The van der Waals surface area contributed by atoms with E-state index >= 15 is 0 Å². The molecule has 0 aromatic heterocycles. The van der Waals surface area contributed by atoms with Crippen molar-refractivity contribution in [3.05, 3.63) is 36.0 Å². The summed E-state index contributed by atoms with van der Waals surface area (Å²) < 4.78 is 0. The lowest BCUT2D eigenvalue weighted by molar-refractivity contribution is 1.13. The summed E-state index contributed by atoms with van der Waals surface area (Å²) in [4.78, 5) is 0. The zero-order valence-electron chi connectivity index (χ0n) is 7.15. The average molecular weight is 136 g/mol. The number of hydrogen-bond donors (Lipinski definition) is 0. The second-order valence-corrected chi connectivity index (χ2v) is 2.20. The van der Waals surface area contributed by atoms with E-state index in [2.05, 4.69) is 25.7 Å². The highest BCUT2D eigenvalue weighted by Crippen LogP contribution is 2.11. The topological polar surface area (TPSA) is 0 Å². The lowest BCUT2D eigenvalue weighted by Gasteiger charge is -2.00. The highest BCUT2D eigenvalue weighted by Gasteiger charge is 1.91. The van der Waals surface area contributed by atoms with Crippen LogP contribution in [0.15, 0.2) is 36.0 Å². The van der Waals surface area contributed by atoms with Crippen LogP contribution in [0, 0.1) is 0 Å². The zero-order valence-corrected chi connectivity index (χ0v) is 7.15. The van der Waals surface area contributed by atoms with Gasteiger partial charge in [0.15, 0.2) is 0 Å². The largest absolute Gasteiger partial charge is 0.0953 e. The van der Waals surface area contributed by atoms with Crippen LogP contribution in [0.5, 0.6) is 0 Å². The SMILES string of the molecule is C=C(CC)C(/C=C\C)=C/C. The first-order chi connectivity index (χ1) is 4.76. The summed E-state index contributed by atoms with van der Waals surface area (Å²) in [5.74, 6) is 0. The van der Waals surface area contributed by atoms with Crippen LogP contribution in [0.25, 0.3) is 0 Å². The van der Waals surface area contributed by atoms with Crippen molar-refractivity contribution in [3.8, 4) is 0 Å². The summed E-state index contributed by atoms with van der Waals surface area (Å²) in [6, 6.07) is 0. The fourth-order valence-electron chi connectivity index (χ4n) is 0.802. The van der Waals surface area contributed by atoms with E-state index < -0.39 is 0 Å². The smallest absolute Gasteiger partial charge is 0.0277 e. The Labute approximate surface area is 64.0 Å². The quantitative estimate of drug-likeness (QED) is 0.521. The second kappa shape index (κ2) is 5.04. The molecular formula is C10H16. The van der Waals surface area contributed by atoms with Crippen LogP contribution in [-0.2, 0) is 0 Å². The van der Waals surface area contributed by atoms with E-state index in [0.717, 1.165) is 6.42 Å². The van der Waals surface area contributed by atoms with Crippen LogP contribution < -0.4 is 0 Å². The monoisotopic (exact) mass is 136 g/mol. The van der Waals surface area contributed by atoms with Crippen LogP contribution in [0.4, 0.5) is 0 Å². The first-order valence-electron chi connectivity index (χ1n) is 3.73. The molecule has 56 valence electrons. The van der Waals surface area contributed by atoms with Crippen LogP contribution in [0.2, 0.25) is 0 Å². The summed E-state index contributed by atoms with van der Waals surface area (Å²) in [7, 11) is 0. The summed E-state index contributed by atoms with van der Waals surface area (Å²) in [6.07, 6.45) is 7.25. The van der Waals surface area contributed by atoms with E-state index in [1.807, 2.05) is 19.9 Å². The Morgan fingerprint density at radius 2 is 2.00 bits per heavy atom. The molecule has 0 spiro atoms. The third-order valence-electron chi connectivity index (χ3n) is 1.49. The van der Waals surface area contributed by atoms with Gasteiger partial charge in [-0.25, -0.2) is 0 Å². The predicted octanol–water partition coefficient (Wildman–Crippen LogP) is 3.48. The predicted molar refractivity (Wildman–Crippen MR) is 48.0 cm³/mol. The Morgan fingerprint density at radius 1 is 1.40 bits per heavy atom. The maximum absolute atomic E-state index is 3.94. The van der Waals surface area contributed by atoms with Crippen LogP contribution in [0.3, 0.4) is 0 Å². The van der Waals surface area contributed by atoms with Crippen molar-refractivity contribution in [1.82, 2.24) is 0 Å². The molecule has 10 heavy (non-hydrogen) atoms. The van der Waals surface area contributed by atoms with Gasteiger partial charge < -0.3 is 0 Å². The molecule has 0 saturated heterocycles. The molecule has 0 unspecified atom stereocenters. The van der Waals surface area contributed by atoms with Crippen molar-refractivity contribution < 1.29 is 0 Å². The fraction of sp³-hybridized carbons (Fsp3) is 0.400. The van der Waals surface area contributed by atoms with E-state index in [0.29, 0.717) is 0 Å². The maximum atomic E-state index is 3.94. The number of allylic oxidation sites excluding steroid dienone is 5. The van der Waals surface area contributed by atoms with Gasteiger partial charge in [-0.3, -0.25) is 0 Å². The lowest BCUT2D eigenvalue weighted by Crippen LogP contribution is -1.80. The molecule has 0 aliphatic carbocycles. The first kappa shape index (κ1) is 9.22. The molecule has 0 atom stereocenters. The third-order valence-corrected chi connectivity index (χ3v) is 1.49. The van der Waals surface area contributed by atoms with Gasteiger partial charge in [-0.05, 0) is 31.4 Å². The molecule has 0 radical (unpaired) electrons. The van der Waals surface area contributed by atoms with Crippen molar-refractivity contribution in [3.63, 3.8) is 0 Å². The highest BCUT2D eigenvalue weighted by atomic mass is 14.0. The Balaban J connectivity index is 4.23. The summed E-state index contributed by atoms with van der Waals surface area (Å²) in [5.41, 5.74) is 2.46. The normalized spacial score (nSPS) is 12.5. The van der Waals surface area contributed by atoms with Crippen molar-refractivity contribution >= 4 is 0 Å². The Morgan fingerprint density at radius 3 is 2.30 bits per heavy atom. The van der Waals surface area contributed by atoms with Gasteiger partial charge in [-0.15, -0.1) is 0 Å². The van der Waals surface area contributed by atoms with Gasteiger partial charge >= 0.3 is 0 Å². The maximum Gasteiger partial charge on any atom is -0.0277 e. The molecule has 0 nitrogen and oxygen atoms in total. The molecule has 0 aromatic carbocycles.